The van der Waals surface area contributed by atoms with Gasteiger partial charge >= 0.3 is 0 Å². The lowest BCUT2D eigenvalue weighted by atomic mass is 10.1. The van der Waals surface area contributed by atoms with Crippen molar-refractivity contribution in [1.29, 1.82) is 0 Å². The second-order valence-electron chi connectivity index (χ2n) is 4.51. The van der Waals surface area contributed by atoms with Gasteiger partial charge in [-0.05, 0) is 24.6 Å². The van der Waals surface area contributed by atoms with E-state index in [0.29, 0.717) is 0 Å². The summed E-state index contributed by atoms with van der Waals surface area (Å²) in [4.78, 5) is 0. The predicted octanol–water partition coefficient (Wildman–Crippen LogP) is 7.20. The minimum Gasteiger partial charge on any atom is -0.0683 e. The van der Waals surface area contributed by atoms with E-state index >= 15 is 0 Å². The molecule has 3 aromatic carbocycles. The summed E-state index contributed by atoms with van der Waals surface area (Å²) in [5.74, 6) is 0. The van der Waals surface area contributed by atoms with Crippen molar-refractivity contribution in [3.8, 4) is 0 Å². The highest BCUT2D eigenvalue weighted by atomic mass is 13.9. The van der Waals surface area contributed by atoms with Crippen LogP contribution in [0, 0.1) is 13.8 Å². The Bertz CT molecular complexity index is 541. The first-order valence-electron chi connectivity index (χ1n) is 8.23. The van der Waals surface area contributed by atoms with Gasteiger partial charge in [-0.25, -0.2) is 0 Å². The second kappa shape index (κ2) is 12.6. The number of rotatable bonds is 0. The Labute approximate surface area is 136 Å². The largest absolute Gasteiger partial charge is 0.0683 e. The first kappa shape index (κ1) is 19.9. The van der Waals surface area contributed by atoms with Gasteiger partial charge in [-0.2, -0.15) is 0 Å². The van der Waals surface area contributed by atoms with Crippen molar-refractivity contribution in [3.05, 3.63) is 83.9 Å². The van der Waals surface area contributed by atoms with Crippen molar-refractivity contribution in [2.24, 2.45) is 0 Å². The van der Waals surface area contributed by atoms with Crippen molar-refractivity contribution < 1.29 is 0 Å². The first-order chi connectivity index (χ1) is 10.8. The smallest absolute Gasteiger partial charge is 0.0184 e. The van der Waals surface area contributed by atoms with Gasteiger partial charge in [-0.15, -0.1) is 0 Å². The van der Waals surface area contributed by atoms with E-state index in [4.69, 9.17) is 0 Å². The maximum absolute atomic E-state index is 2.17. The van der Waals surface area contributed by atoms with Gasteiger partial charge in [0.1, 0.15) is 0 Å². The van der Waals surface area contributed by atoms with Crippen LogP contribution in [0.4, 0.5) is 0 Å². The summed E-state index contributed by atoms with van der Waals surface area (Å²) in [6, 6.07) is 25.2. The van der Waals surface area contributed by atoms with Crippen molar-refractivity contribution in [3.63, 3.8) is 0 Å². The third kappa shape index (κ3) is 7.64. The minimum atomic E-state index is 1.31. The summed E-state index contributed by atoms with van der Waals surface area (Å²) >= 11 is 0. The Hall–Kier alpha value is -2.08. The van der Waals surface area contributed by atoms with Crippen LogP contribution in [0.3, 0.4) is 0 Å². The average molecular weight is 294 g/mol. The van der Waals surface area contributed by atoms with Crippen molar-refractivity contribution in [2.45, 2.75) is 41.5 Å². The summed E-state index contributed by atoms with van der Waals surface area (Å²) in [5, 5.41) is 2.62. The molecule has 0 heteroatoms. The lowest BCUT2D eigenvalue weighted by Gasteiger charge is -1.92. The fraction of sp³-hybridized carbons (Fsp3) is 0.273. The van der Waals surface area contributed by atoms with Crippen LogP contribution in [0.1, 0.15) is 38.8 Å². The average Bonchev–Trinajstić information content (AvgIpc) is 2.59. The zero-order chi connectivity index (χ0) is 16.8. The van der Waals surface area contributed by atoms with Crippen molar-refractivity contribution >= 4 is 10.8 Å². The standard InChI is InChI=1S/C10H8.C8H10.2C2H6/c1-2-6-10-8-4-3-7-9(10)5-1;1-7-4-3-5-8(2)6-7;2*1-2/h1-8H;3-6H,1-2H3;2*1-2H3. The Kier molecular flexibility index (Phi) is 11.4. The predicted molar refractivity (Wildman–Crippen MR) is 103 cm³/mol. The summed E-state index contributed by atoms with van der Waals surface area (Å²) in [5.41, 5.74) is 2.68. The molecule has 0 nitrogen and oxygen atoms in total. The summed E-state index contributed by atoms with van der Waals surface area (Å²) in [7, 11) is 0. The third-order valence-corrected chi connectivity index (χ3v) is 2.83. The summed E-state index contributed by atoms with van der Waals surface area (Å²) in [6.07, 6.45) is 0. The monoisotopic (exact) mass is 294 g/mol. The highest BCUT2D eigenvalue weighted by molar-refractivity contribution is 5.81. The molecule has 0 aliphatic rings. The molecule has 0 atom stereocenters. The molecule has 118 valence electrons. The van der Waals surface area contributed by atoms with Crippen LogP contribution >= 0.6 is 0 Å². The Morgan fingerprint density at radius 2 is 0.773 bits per heavy atom. The molecule has 0 aromatic heterocycles. The van der Waals surface area contributed by atoms with Gasteiger partial charge in [0.2, 0.25) is 0 Å². The van der Waals surface area contributed by atoms with E-state index in [1.54, 1.807) is 0 Å². The highest BCUT2D eigenvalue weighted by Gasteiger charge is 1.85. The molecule has 0 aliphatic heterocycles. The normalized spacial score (nSPS) is 8.45. The van der Waals surface area contributed by atoms with Crippen molar-refractivity contribution in [1.82, 2.24) is 0 Å². The lowest BCUT2D eigenvalue weighted by molar-refractivity contribution is 1.39. The molecular formula is C22H30. The summed E-state index contributed by atoms with van der Waals surface area (Å²) in [6.45, 7) is 12.2. The third-order valence-electron chi connectivity index (χ3n) is 2.83. The van der Waals surface area contributed by atoms with Crippen LogP contribution in [0.2, 0.25) is 0 Å². The van der Waals surface area contributed by atoms with Crippen LogP contribution in [0.15, 0.2) is 72.8 Å². The van der Waals surface area contributed by atoms with Gasteiger partial charge in [-0.1, -0.05) is 112 Å². The maximum Gasteiger partial charge on any atom is -0.0184 e. The molecule has 0 amide bonds. The van der Waals surface area contributed by atoms with Crippen LogP contribution in [0.5, 0.6) is 0 Å². The molecule has 0 spiro atoms. The molecule has 0 saturated heterocycles. The molecule has 0 unspecified atom stereocenters. The fourth-order valence-corrected chi connectivity index (χ4v) is 1.94. The van der Waals surface area contributed by atoms with Gasteiger partial charge in [0, 0.05) is 0 Å². The fourth-order valence-electron chi connectivity index (χ4n) is 1.94. The van der Waals surface area contributed by atoms with Gasteiger partial charge < -0.3 is 0 Å². The van der Waals surface area contributed by atoms with E-state index in [1.165, 1.54) is 21.9 Å². The van der Waals surface area contributed by atoms with Crippen molar-refractivity contribution in [2.75, 3.05) is 0 Å². The molecule has 0 heterocycles. The van der Waals surface area contributed by atoms with Crippen LogP contribution in [0.25, 0.3) is 10.8 Å². The second-order valence-corrected chi connectivity index (χ2v) is 4.51. The molecule has 0 fully saturated rings. The van der Waals surface area contributed by atoms with E-state index in [0.717, 1.165) is 0 Å². The number of aryl methyl sites for hydroxylation is 2. The Balaban J connectivity index is 0.000000333. The zero-order valence-electron chi connectivity index (χ0n) is 14.9. The van der Waals surface area contributed by atoms with Crippen LogP contribution in [-0.4, -0.2) is 0 Å². The van der Waals surface area contributed by atoms with E-state index in [-0.39, 0.29) is 0 Å². The highest BCUT2D eigenvalue weighted by Crippen LogP contribution is 2.11. The van der Waals surface area contributed by atoms with Gasteiger partial charge in [0.15, 0.2) is 0 Å². The molecule has 3 aromatic rings. The van der Waals surface area contributed by atoms with Crippen LogP contribution in [-0.2, 0) is 0 Å². The first-order valence-corrected chi connectivity index (χ1v) is 8.23. The number of fused-ring (bicyclic) bond motifs is 1. The van der Waals surface area contributed by atoms with E-state index in [2.05, 4.69) is 86.6 Å². The molecule has 0 N–H and O–H groups in total. The molecule has 0 bridgehead atoms. The van der Waals surface area contributed by atoms with E-state index in [9.17, 15) is 0 Å². The molecule has 22 heavy (non-hydrogen) atoms. The van der Waals surface area contributed by atoms with Gasteiger partial charge in [0.05, 0.1) is 0 Å². The Morgan fingerprint density at radius 3 is 1.00 bits per heavy atom. The quantitative estimate of drug-likeness (QED) is 0.411. The number of hydrogen-bond acceptors (Lipinski definition) is 0. The van der Waals surface area contributed by atoms with E-state index < -0.39 is 0 Å². The van der Waals surface area contributed by atoms with E-state index in [1.807, 2.05) is 27.7 Å². The lowest BCUT2D eigenvalue weighted by Crippen LogP contribution is -1.71. The Morgan fingerprint density at radius 1 is 0.455 bits per heavy atom. The molecular weight excluding hydrogens is 264 g/mol. The SMILES string of the molecule is CC.CC.Cc1cccc(C)c1.c1ccc2ccccc2c1. The van der Waals surface area contributed by atoms with Gasteiger partial charge in [0.25, 0.3) is 0 Å². The maximum atomic E-state index is 2.17. The minimum absolute atomic E-state index is 1.31. The summed E-state index contributed by atoms with van der Waals surface area (Å²) < 4.78 is 0. The van der Waals surface area contributed by atoms with Gasteiger partial charge in [-0.3, -0.25) is 0 Å². The molecule has 3 rings (SSSR count). The topological polar surface area (TPSA) is 0 Å². The number of hydrogen-bond donors (Lipinski definition) is 0. The zero-order valence-corrected chi connectivity index (χ0v) is 14.9. The number of benzene rings is 3. The molecule has 0 radical (unpaired) electrons. The molecule has 0 saturated carbocycles. The van der Waals surface area contributed by atoms with Crippen LogP contribution < -0.4 is 0 Å². The molecule has 0 aliphatic carbocycles.